The molecule has 6 nitrogen and oxygen atoms in total. The summed E-state index contributed by atoms with van der Waals surface area (Å²) in [6, 6.07) is 8.61. The Morgan fingerprint density at radius 1 is 1.30 bits per heavy atom. The molecule has 0 aliphatic carbocycles. The molecule has 0 bridgehead atoms. The van der Waals surface area contributed by atoms with Crippen molar-refractivity contribution in [2.24, 2.45) is 0 Å². The number of furan rings is 1. The molecule has 1 N–H and O–H groups in total. The minimum Gasteiger partial charge on any atom is -0.446 e. The first-order valence-electron chi connectivity index (χ1n) is 7.93. The Hall–Kier alpha value is -1.48. The standard InChI is InChI=1S/C17H15BrCl2N4O2S/c1-9(2)24-16(13-5-6-14(18)26-13)22-23-17(24)27-8-15(25)21-12-4-3-10(19)7-11(12)20/h3-7,9H,8H2,1-2H3,(H,21,25). The van der Waals surface area contributed by atoms with Crippen molar-refractivity contribution in [3.05, 3.63) is 45.0 Å². The number of anilines is 1. The molecule has 0 radical (unpaired) electrons. The van der Waals surface area contributed by atoms with Gasteiger partial charge in [-0.15, -0.1) is 10.2 Å². The Balaban J connectivity index is 1.72. The van der Waals surface area contributed by atoms with Crippen LogP contribution in [0.4, 0.5) is 5.69 Å². The number of nitrogens with zero attached hydrogens (tertiary/aromatic N) is 3. The van der Waals surface area contributed by atoms with E-state index in [1.165, 1.54) is 11.8 Å². The quantitative estimate of drug-likeness (QED) is 0.435. The van der Waals surface area contributed by atoms with Crippen molar-refractivity contribution in [1.29, 1.82) is 0 Å². The van der Waals surface area contributed by atoms with Gasteiger partial charge in [-0.05, 0) is 60.1 Å². The zero-order valence-corrected chi connectivity index (χ0v) is 18.3. The Morgan fingerprint density at radius 2 is 2.07 bits per heavy atom. The third kappa shape index (κ3) is 4.87. The molecule has 3 rings (SSSR count). The lowest BCUT2D eigenvalue weighted by atomic mass is 10.3. The number of rotatable bonds is 6. The number of aromatic nitrogens is 3. The third-order valence-corrected chi connectivity index (χ3v) is 5.43. The third-order valence-electron chi connectivity index (χ3n) is 3.51. The highest BCUT2D eigenvalue weighted by Crippen LogP contribution is 2.30. The van der Waals surface area contributed by atoms with Gasteiger partial charge in [-0.2, -0.15) is 0 Å². The van der Waals surface area contributed by atoms with Gasteiger partial charge >= 0.3 is 0 Å². The molecule has 27 heavy (non-hydrogen) atoms. The maximum atomic E-state index is 12.3. The Kier molecular flexibility index (Phi) is 6.52. The molecular weight excluding hydrogens is 475 g/mol. The predicted molar refractivity (Wildman–Crippen MR) is 112 cm³/mol. The summed E-state index contributed by atoms with van der Waals surface area (Å²) in [7, 11) is 0. The molecule has 2 heterocycles. The van der Waals surface area contributed by atoms with E-state index in [4.69, 9.17) is 27.6 Å². The van der Waals surface area contributed by atoms with E-state index in [2.05, 4.69) is 31.4 Å². The largest absolute Gasteiger partial charge is 0.446 e. The maximum Gasteiger partial charge on any atom is 0.234 e. The number of carbonyl (C=O) groups excluding carboxylic acids is 1. The van der Waals surface area contributed by atoms with Crippen molar-refractivity contribution in [3.63, 3.8) is 0 Å². The van der Waals surface area contributed by atoms with Crippen molar-refractivity contribution in [2.45, 2.75) is 25.0 Å². The topological polar surface area (TPSA) is 73.0 Å². The van der Waals surface area contributed by atoms with Gasteiger partial charge in [0.15, 0.2) is 15.6 Å². The van der Waals surface area contributed by atoms with Crippen LogP contribution < -0.4 is 5.32 Å². The molecule has 3 aromatic rings. The molecule has 0 atom stereocenters. The highest BCUT2D eigenvalue weighted by molar-refractivity contribution is 9.10. The summed E-state index contributed by atoms with van der Waals surface area (Å²) in [4.78, 5) is 12.3. The zero-order chi connectivity index (χ0) is 19.6. The number of benzene rings is 1. The number of amides is 1. The lowest BCUT2D eigenvalue weighted by molar-refractivity contribution is -0.113. The maximum absolute atomic E-state index is 12.3. The van der Waals surface area contributed by atoms with E-state index < -0.39 is 0 Å². The summed E-state index contributed by atoms with van der Waals surface area (Å²) < 4.78 is 8.12. The first-order chi connectivity index (χ1) is 12.8. The van der Waals surface area contributed by atoms with Crippen LogP contribution in [-0.4, -0.2) is 26.4 Å². The zero-order valence-electron chi connectivity index (χ0n) is 14.4. The second-order valence-electron chi connectivity index (χ2n) is 5.83. The number of thioether (sulfide) groups is 1. The number of hydrogen-bond donors (Lipinski definition) is 1. The van der Waals surface area contributed by atoms with Crippen LogP contribution in [0.15, 0.2) is 44.6 Å². The number of carbonyl (C=O) groups is 1. The van der Waals surface area contributed by atoms with Gasteiger partial charge < -0.3 is 9.73 Å². The predicted octanol–water partition coefficient (Wildman–Crippen LogP) is 5.92. The molecule has 0 saturated carbocycles. The molecule has 142 valence electrons. The lowest BCUT2D eigenvalue weighted by Crippen LogP contribution is -2.15. The van der Waals surface area contributed by atoms with E-state index in [0.29, 0.717) is 37.1 Å². The summed E-state index contributed by atoms with van der Waals surface area (Å²) in [5.74, 6) is 1.17. The highest BCUT2D eigenvalue weighted by atomic mass is 79.9. The fourth-order valence-electron chi connectivity index (χ4n) is 2.35. The van der Waals surface area contributed by atoms with Gasteiger partial charge in [0.25, 0.3) is 0 Å². The molecule has 0 aliphatic rings. The van der Waals surface area contributed by atoms with Crippen LogP contribution in [0.25, 0.3) is 11.6 Å². The normalized spacial score (nSPS) is 11.2. The van der Waals surface area contributed by atoms with Crippen LogP contribution in [-0.2, 0) is 4.79 Å². The van der Waals surface area contributed by atoms with Crippen LogP contribution in [0.2, 0.25) is 10.0 Å². The summed E-state index contributed by atoms with van der Waals surface area (Å²) >= 11 is 16.5. The van der Waals surface area contributed by atoms with Gasteiger partial charge in [-0.3, -0.25) is 9.36 Å². The fourth-order valence-corrected chi connectivity index (χ4v) is 3.98. The van der Waals surface area contributed by atoms with Crippen LogP contribution in [0.1, 0.15) is 19.9 Å². The molecule has 0 spiro atoms. The smallest absolute Gasteiger partial charge is 0.234 e. The minimum atomic E-state index is -0.204. The van der Waals surface area contributed by atoms with Crippen molar-refractivity contribution in [3.8, 4) is 11.6 Å². The SMILES string of the molecule is CC(C)n1c(SCC(=O)Nc2ccc(Cl)cc2Cl)nnc1-c1ccc(Br)o1. The van der Waals surface area contributed by atoms with Gasteiger partial charge in [0.05, 0.1) is 16.5 Å². The number of nitrogens with one attached hydrogen (secondary N) is 1. The van der Waals surface area contributed by atoms with E-state index >= 15 is 0 Å². The minimum absolute atomic E-state index is 0.0927. The molecular formula is C17H15BrCl2N4O2S. The summed E-state index contributed by atoms with van der Waals surface area (Å²) in [5, 5.41) is 12.7. The Labute approximate surface area is 178 Å². The summed E-state index contributed by atoms with van der Waals surface area (Å²) in [6.07, 6.45) is 0. The molecule has 10 heteroatoms. The second kappa shape index (κ2) is 8.68. The van der Waals surface area contributed by atoms with Gasteiger partial charge in [0, 0.05) is 11.1 Å². The number of halogens is 3. The van der Waals surface area contributed by atoms with Crippen LogP contribution in [0.3, 0.4) is 0 Å². The first kappa shape index (κ1) is 20.3. The van der Waals surface area contributed by atoms with E-state index in [1.807, 2.05) is 24.5 Å². The van der Waals surface area contributed by atoms with E-state index in [0.717, 1.165) is 0 Å². The van der Waals surface area contributed by atoms with E-state index in [1.54, 1.807) is 24.3 Å². The Bertz CT molecular complexity index is 974. The average Bonchev–Trinajstić information content (AvgIpc) is 3.21. The number of hydrogen-bond acceptors (Lipinski definition) is 5. The molecule has 0 fully saturated rings. The lowest BCUT2D eigenvalue weighted by Gasteiger charge is -2.12. The van der Waals surface area contributed by atoms with Crippen molar-refractivity contribution >= 4 is 62.5 Å². The Morgan fingerprint density at radius 3 is 2.70 bits per heavy atom. The molecule has 0 saturated heterocycles. The average molecular weight is 490 g/mol. The van der Waals surface area contributed by atoms with E-state index in [-0.39, 0.29) is 17.7 Å². The van der Waals surface area contributed by atoms with Gasteiger partial charge in [-0.1, -0.05) is 35.0 Å². The van der Waals surface area contributed by atoms with Crippen molar-refractivity contribution < 1.29 is 9.21 Å². The van der Waals surface area contributed by atoms with Crippen LogP contribution in [0, 0.1) is 0 Å². The van der Waals surface area contributed by atoms with Gasteiger partial charge in [0.2, 0.25) is 11.7 Å². The van der Waals surface area contributed by atoms with Crippen molar-refractivity contribution in [2.75, 3.05) is 11.1 Å². The van der Waals surface area contributed by atoms with Gasteiger partial charge in [0.1, 0.15) is 0 Å². The highest BCUT2D eigenvalue weighted by Gasteiger charge is 2.20. The molecule has 0 unspecified atom stereocenters. The molecule has 1 aromatic carbocycles. The molecule has 1 amide bonds. The van der Waals surface area contributed by atoms with Crippen LogP contribution >= 0.6 is 50.9 Å². The van der Waals surface area contributed by atoms with Gasteiger partial charge in [-0.25, -0.2) is 0 Å². The summed E-state index contributed by atoms with van der Waals surface area (Å²) in [5.41, 5.74) is 0.512. The first-order valence-corrected chi connectivity index (χ1v) is 10.5. The molecule has 2 aromatic heterocycles. The van der Waals surface area contributed by atoms with Crippen LogP contribution in [0.5, 0.6) is 0 Å². The summed E-state index contributed by atoms with van der Waals surface area (Å²) in [6.45, 7) is 4.03. The monoisotopic (exact) mass is 488 g/mol. The van der Waals surface area contributed by atoms with E-state index in [9.17, 15) is 4.79 Å². The molecule has 0 aliphatic heterocycles. The fraction of sp³-hybridized carbons (Fsp3) is 0.235. The second-order valence-corrected chi connectivity index (χ2v) is 8.40. The van der Waals surface area contributed by atoms with Crippen molar-refractivity contribution in [1.82, 2.24) is 14.8 Å².